The maximum atomic E-state index is 12.5. The molecular formula is C17H20N2O4S. The van der Waals surface area contributed by atoms with Gasteiger partial charge in [0.25, 0.3) is 0 Å². The summed E-state index contributed by atoms with van der Waals surface area (Å²) in [5.41, 5.74) is -0.182. The van der Waals surface area contributed by atoms with Gasteiger partial charge < -0.3 is 24.4 Å². The number of esters is 1. The monoisotopic (exact) mass is 348 g/mol. The molecule has 128 valence electrons. The first-order chi connectivity index (χ1) is 11.5. The van der Waals surface area contributed by atoms with Gasteiger partial charge in [-0.2, -0.15) is 0 Å². The first-order valence-electron chi connectivity index (χ1n) is 7.60. The van der Waals surface area contributed by atoms with Crippen LogP contribution in [0.3, 0.4) is 0 Å². The lowest BCUT2D eigenvalue weighted by molar-refractivity contribution is -0.172. The normalized spacial score (nSPS) is 27.5. The summed E-state index contributed by atoms with van der Waals surface area (Å²) in [7, 11) is 2.96. The molecule has 24 heavy (non-hydrogen) atoms. The summed E-state index contributed by atoms with van der Waals surface area (Å²) in [6.45, 7) is 6.05. The van der Waals surface area contributed by atoms with Crippen molar-refractivity contribution < 1.29 is 19.0 Å². The van der Waals surface area contributed by atoms with Crippen LogP contribution in [-0.2, 0) is 9.53 Å². The van der Waals surface area contributed by atoms with Crippen LogP contribution in [0.25, 0.3) is 0 Å². The van der Waals surface area contributed by atoms with E-state index >= 15 is 0 Å². The van der Waals surface area contributed by atoms with Crippen LogP contribution in [0.1, 0.15) is 18.5 Å². The molecule has 2 aliphatic heterocycles. The maximum Gasteiger partial charge on any atom is 0.317 e. The van der Waals surface area contributed by atoms with E-state index in [0.717, 1.165) is 5.56 Å². The molecule has 0 aliphatic carbocycles. The predicted octanol–water partition coefficient (Wildman–Crippen LogP) is 2.01. The number of hydrogen-bond acceptors (Lipinski definition) is 5. The number of nitrogens with zero attached hydrogens (tertiary/aromatic N) is 1. The summed E-state index contributed by atoms with van der Waals surface area (Å²) in [6.07, 6.45) is 1.72. The number of carbonyl (C=O) groups excluding carboxylic acids is 1. The summed E-state index contributed by atoms with van der Waals surface area (Å²) in [5, 5.41) is 3.76. The molecule has 0 radical (unpaired) electrons. The van der Waals surface area contributed by atoms with Gasteiger partial charge in [-0.05, 0) is 25.2 Å². The standard InChI is InChI=1S/C17H20N2O4S/c1-5-9-19-16(24)18-13-10-7-6-8-11(21-3)14(10)23-17(19,2)12(13)15(20)22-4/h5-8,12-13H,1,9H2,2-4H3,(H,18,24)/t12-,13+,17+/m1/s1. The fourth-order valence-corrected chi connectivity index (χ4v) is 3.86. The number of para-hydroxylation sites is 1. The summed E-state index contributed by atoms with van der Waals surface area (Å²) < 4.78 is 16.8. The molecular weight excluding hydrogens is 328 g/mol. The average molecular weight is 348 g/mol. The number of fused-ring (bicyclic) bond motifs is 4. The molecule has 0 amide bonds. The topological polar surface area (TPSA) is 60.0 Å². The minimum absolute atomic E-state index is 0.352. The largest absolute Gasteiger partial charge is 0.493 e. The van der Waals surface area contributed by atoms with Gasteiger partial charge in [-0.25, -0.2) is 0 Å². The van der Waals surface area contributed by atoms with Crippen molar-refractivity contribution in [1.29, 1.82) is 0 Å². The first kappa shape index (κ1) is 16.6. The SMILES string of the molecule is C=CCN1C(=S)N[C@H]2c3cccc(OC)c3O[C@@]1(C)[C@H]2C(=O)OC. The molecule has 0 saturated carbocycles. The molecule has 7 heteroatoms. The Morgan fingerprint density at radius 1 is 1.54 bits per heavy atom. The highest BCUT2D eigenvalue weighted by Gasteiger charge is 2.59. The Kier molecular flexibility index (Phi) is 4.13. The molecule has 1 aromatic carbocycles. The van der Waals surface area contributed by atoms with Crippen LogP contribution < -0.4 is 14.8 Å². The van der Waals surface area contributed by atoms with Crippen molar-refractivity contribution in [3.8, 4) is 11.5 Å². The fourth-order valence-electron chi connectivity index (χ4n) is 3.48. The van der Waals surface area contributed by atoms with Crippen molar-refractivity contribution in [1.82, 2.24) is 10.2 Å². The highest BCUT2D eigenvalue weighted by atomic mass is 32.1. The molecule has 3 rings (SSSR count). The van der Waals surface area contributed by atoms with Gasteiger partial charge in [0.2, 0.25) is 0 Å². The Bertz CT molecular complexity index is 708. The molecule has 1 aromatic rings. The van der Waals surface area contributed by atoms with Crippen LogP contribution in [0.5, 0.6) is 11.5 Å². The number of nitrogens with one attached hydrogen (secondary N) is 1. The molecule has 1 fully saturated rings. The van der Waals surface area contributed by atoms with Gasteiger partial charge in [0.1, 0.15) is 5.92 Å². The fraction of sp³-hybridized carbons (Fsp3) is 0.412. The number of rotatable bonds is 4. The first-order valence-corrected chi connectivity index (χ1v) is 8.01. The van der Waals surface area contributed by atoms with Crippen molar-refractivity contribution in [3.05, 3.63) is 36.4 Å². The zero-order valence-electron chi connectivity index (χ0n) is 13.9. The number of thiocarbonyl (C=S) groups is 1. The zero-order chi connectivity index (χ0) is 17.5. The summed E-state index contributed by atoms with van der Waals surface area (Å²) >= 11 is 5.49. The third-order valence-corrected chi connectivity index (χ3v) is 4.95. The van der Waals surface area contributed by atoms with E-state index in [9.17, 15) is 4.79 Å². The Morgan fingerprint density at radius 3 is 2.92 bits per heavy atom. The minimum atomic E-state index is -1.00. The number of benzene rings is 1. The number of ether oxygens (including phenoxy) is 3. The summed E-state index contributed by atoms with van der Waals surface area (Å²) in [6, 6.07) is 5.23. The van der Waals surface area contributed by atoms with Gasteiger partial charge in [-0.3, -0.25) is 4.79 Å². The molecule has 2 aliphatic rings. The Hall–Kier alpha value is -2.28. The lowest BCUT2D eigenvalue weighted by Gasteiger charge is -2.55. The van der Waals surface area contributed by atoms with Crippen LogP contribution in [0.2, 0.25) is 0 Å². The molecule has 2 bridgehead atoms. The van der Waals surface area contributed by atoms with Crippen molar-refractivity contribution in [3.63, 3.8) is 0 Å². The van der Waals surface area contributed by atoms with E-state index in [-0.39, 0.29) is 12.0 Å². The number of carbonyl (C=O) groups is 1. The molecule has 1 N–H and O–H groups in total. The molecule has 0 aromatic heterocycles. The van der Waals surface area contributed by atoms with Crippen LogP contribution in [0.4, 0.5) is 0 Å². The van der Waals surface area contributed by atoms with Gasteiger partial charge in [0.05, 0.1) is 20.3 Å². The van der Waals surface area contributed by atoms with Crippen LogP contribution in [0.15, 0.2) is 30.9 Å². The van der Waals surface area contributed by atoms with Crippen molar-refractivity contribution in [2.45, 2.75) is 18.7 Å². The van der Waals surface area contributed by atoms with E-state index in [0.29, 0.717) is 23.2 Å². The lowest BCUT2D eigenvalue weighted by atomic mass is 9.79. The molecule has 6 nitrogen and oxygen atoms in total. The van der Waals surface area contributed by atoms with Crippen molar-refractivity contribution in [2.75, 3.05) is 20.8 Å². The Balaban J connectivity index is 2.21. The smallest absolute Gasteiger partial charge is 0.317 e. The molecule has 2 heterocycles. The third kappa shape index (κ3) is 2.23. The van der Waals surface area contributed by atoms with Gasteiger partial charge in [-0.15, -0.1) is 6.58 Å². The average Bonchev–Trinajstić information content (AvgIpc) is 2.57. The molecule has 1 saturated heterocycles. The van der Waals surface area contributed by atoms with E-state index < -0.39 is 11.6 Å². The summed E-state index contributed by atoms with van der Waals surface area (Å²) in [5.74, 6) is 0.269. The highest BCUT2D eigenvalue weighted by molar-refractivity contribution is 7.80. The Morgan fingerprint density at radius 2 is 2.29 bits per heavy atom. The maximum absolute atomic E-state index is 12.5. The second-order valence-electron chi connectivity index (χ2n) is 5.86. The second-order valence-corrected chi connectivity index (χ2v) is 6.25. The molecule has 0 unspecified atom stereocenters. The molecule has 3 atom stereocenters. The van der Waals surface area contributed by atoms with Crippen LogP contribution in [-0.4, -0.2) is 42.5 Å². The molecule has 0 spiro atoms. The van der Waals surface area contributed by atoms with E-state index in [1.54, 1.807) is 13.2 Å². The second kappa shape index (κ2) is 5.98. The van der Waals surface area contributed by atoms with E-state index in [1.807, 2.05) is 30.0 Å². The van der Waals surface area contributed by atoms with Gasteiger partial charge in [0, 0.05) is 12.1 Å². The lowest BCUT2D eigenvalue weighted by Crippen LogP contribution is -2.71. The van der Waals surface area contributed by atoms with Gasteiger partial charge >= 0.3 is 5.97 Å². The van der Waals surface area contributed by atoms with Crippen LogP contribution >= 0.6 is 12.2 Å². The summed E-state index contributed by atoms with van der Waals surface area (Å²) in [4.78, 5) is 14.3. The van der Waals surface area contributed by atoms with Gasteiger partial charge in [-0.1, -0.05) is 18.2 Å². The Labute approximate surface area is 146 Å². The van der Waals surface area contributed by atoms with Crippen molar-refractivity contribution in [2.24, 2.45) is 5.92 Å². The predicted molar refractivity (Wildman–Crippen MR) is 92.9 cm³/mol. The van der Waals surface area contributed by atoms with E-state index in [1.165, 1.54) is 7.11 Å². The van der Waals surface area contributed by atoms with Crippen LogP contribution in [0, 0.1) is 5.92 Å². The minimum Gasteiger partial charge on any atom is -0.493 e. The van der Waals surface area contributed by atoms with E-state index in [2.05, 4.69) is 11.9 Å². The zero-order valence-corrected chi connectivity index (χ0v) is 14.7. The third-order valence-electron chi connectivity index (χ3n) is 4.61. The quantitative estimate of drug-likeness (QED) is 0.507. The highest BCUT2D eigenvalue weighted by Crippen LogP contribution is 2.51. The van der Waals surface area contributed by atoms with E-state index in [4.69, 9.17) is 26.4 Å². The number of methoxy groups -OCH3 is 2. The van der Waals surface area contributed by atoms with Gasteiger partial charge in [0.15, 0.2) is 22.3 Å². The number of hydrogen-bond donors (Lipinski definition) is 1. The van der Waals surface area contributed by atoms with Crippen molar-refractivity contribution >= 4 is 23.3 Å².